The summed E-state index contributed by atoms with van der Waals surface area (Å²) in [6, 6.07) is 7.21. The highest BCUT2D eigenvalue weighted by Gasteiger charge is 2.19. The summed E-state index contributed by atoms with van der Waals surface area (Å²) >= 11 is 0. The fraction of sp³-hybridized carbons (Fsp3) is 0.600. The summed E-state index contributed by atoms with van der Waals surface area (Å²) in [5, 5.41) is 0. The number of methoxy groups -OCH3 is 1. The minimum absolute atomic E-state index is 0.343. The van der Waals surface area contributed by atoms with Crippen LogP contribution in [0.25, 0.3) is 0 Å². The molecule has 0 aliphatic heterocycles. The van der Waals surface area contributed by atoms with Crippen molar-refractivity contribution in [3.63, 3.8) is 0 Å². The molecule has 0 fully saturated rings. The molecule has 0 radical (unpaired) electrons. The van der Waals surface area contributed by atoms with Crippen molar-refractivity contribution in [3.05, 3.63) is 29.8 Å². The second-order valence-corrected chi connectivity index (χ2v) is 6.97. The molecule has 1 aromatic rings. The van der Waals surface area contributed by atoms with E-state index in [1.165, 1.54) is 22.7 Å². The summed E-state index contributed by atoms with van der Waals surface area (Å²) in [6.07, 6.45) is 4.56. The SMILES string of the molecule is CCCCCc1ccc(S(=O)(=O)N(C)CCOC)cc1. The van der Waals surface area contributed by atoms with E-state index in [4.69, 9.17) is 4.74 Å². The summed E-state index contributed by atoms with van der Waals surface area (Å²) in [6.45, 7) is 2.92. The largest absolute Gasteiger partial charge is 0.383 e. The molecule has 0 aliphatic carbocycles. The van der Waals surface area contributed by atoms with E-state index in [-0.39, 0.29) is 0 Å². The normalized spacial score (nSPS) is 12.0. The van der Waals surface area contributed by atoms with E-state index in [1.807, 2.05) is 12.1 Å². The van der Waals surface area contributed by atoms with E-state index in [2.05, 4.69) is 6.92 Å². The van der Waals surface area contributed by atoms with Gasteiger partial charge >= 0.3 is 0 Å². The fourth-order valence-electron chi connectivity index (χ4n) is 1.93. The Hall–Kier alpha value is -0.910. The fourth-order valence-corrected chi connectivity index (χ4v) is 3.08. The lowest BCUT2D eigenvalue weighted by atomic mass is 10.1. The van der Waals surface area contributed by atoms with Crippen molar-refractivity contribution in [3.8, 4) is 0 Å². The number of nitrogens with zero attached hydrogens (tertiary/aromatic N) is 1. The standard InChI is InChI=1S/C15H25NO3S/c1-4-5-6-7-14-8-10-15(11-9-14)20(17,18)16(2)12-13-19-3/h8-11H,4-7,12-13H2,1-3H3. The van der Waals surface area contributed by atoms with Crippen LogP contribution in [0.5, 0.6) is 0 Å². The van der Waals surface area contributed by atoms with E-state index in [9.17, 15) is 8.42 Å². The van der Waals surface area contributed by atoms with Crippen LogP contribution in [0.1, 0.15) is 31.7 Å². The Labute approximate surface area is 122 Å². The van der Waals surface area contributed by atoms with Crippen LogP contribution in [0, 0.1) is 0 Å². The lowest BCUT2D eigenvalue weighted by molar-refractivity contribution is 0.185. The molecule has 0 unspecified atom stereocenters. The van der Waals surface area contributed by atoms with Gasteiger partial charge in [0.2, 0.25) is 10.0 Å². The predicted molar refractivity (Wildman–Crippen MR) is 81.4 cm³/mol. The van der Waals surface area contributed by atoms with E-state index >= 15 is 0 Å². The number of sulfonamides is 1. The Kier molecular flexibility index (Phi) is 7.19. The molecule has 0 aliphatic rings. The first-order chi connectivity index (χ1) is 9.52. The lowest BCUT2D eigenvalue weighted by Crippen LogP contribution is -2.30. The molecule has 4 nitrogen and oxygen atoms in total. The summed E-state index contributed by atoms with van der Waals surface area (Å²) in [4.78, 5) is 0.343. The molecule has 0 aromatic heterocycles. The zero-order chi connectivity index (χ0) is 15.0. The summed E-state index contributed by atoms with van der Waals surface area (Å²) in [7, 11) is -0.266. The second kappa shape index (κ2) is 8.39. The number of hydrogen-bond acceptors (Lipinski definition) is 3. The van der Waals surface area contributed by atoms with Crippen molar-refractivity contribution >= 4 is 10.0 Å². The van der Waals surface area contributed by atoms with Crippen molar-refractivity contribution in [2.24, 2.45) is 0 Å². The molecule has 114 valence electrons. The van der Waals surface area contributed by atoms with Crippen LogP contribution in [0.15, 0.2) is 29.2 Å². The zero-order valence-corrected chi connectivity index (χ0v) is 13.4. The predicted octanol–water partition coefficient (Wildman–Crippen LogP) is 2.69. The molecule has 1 rings (SSSR count). The lowest BCUT2D eigenvalue weighted by Gasteiger charge is -2.16. The van der Waals surface area contributed by atoms with E-state index in [0.29, 0.717) is 18.0 Å². The van der Waals surface area contributed by atoms with Gasteiger partial charge in [0, 0.05) is 20.7 Å². The number of hydrogen-bond donors (Lipinski definition) is 0. The van der Waals surface area contributed by atoms with Crippen LogP contribution in [0.3, 0.4) is 0 Å². The molecule has 0 atom stereocenters. The maximum Gasteiger partial charge on any atom is 0.242 e. The zero-order valence-electron chi connectivity index (χ0n) is 12.6. The number of likely N-dealkylation sites (N-methyl/N-ethyl adjacent to an activating group) is 1. The highest BCUT2D eigenvalue weighted by atomic mass is 32.2. The Morgan fingerprint density at radius 3 is 2.35 bits per heavy atom. The first-order valence-electron chi connectivity index (χ1n) is 7.06. The topological polar surface area (TPSA) is 46.6 Å². The number of aryl methyl sites for hydroxylation is 1. The van der Waals surface area contributed by atoms with Crippen molar-refractivity contribution in [1.82, 2.24) is 4.31 Å². The van der Waals surface area contributed by atoms with Crippen LogP contribution in [-0.4, -0.2) is 40.0 Å². The van der Waals surface area contributed by atoms with Gasteiger partial charge in [0.15, 0.2) is 0 Å². The maximum atomic E-state index is 12.3. The molecule has 5 heteroatoms. The molecule has 0 saturated carbocycles. The van der Waals surface area contributed by atoms with Crippen LogP contribution in [0.4, 0.5) is 0 Å². The van der Waals surface area contributed by atoms with Gasteiger partial charge in [-0.25, -0.2) is 8.42 Å². The average Bonchev–Trinajstić information content (AvgIpc) is 2.45. The summed E-state index contributed by atoms with van der Waals surface area (Å²) < 4.78 is 30.8. The first kappa shape index (κ1) is 17.1. The summed E-state index contributed by atoms with van der Waals surface area (Å²) in [5.74, 6) is 0. The Balaban J connectivity index is 2.71. The van der Waals surface area contributed by atoms with Gasteiger partial charge in [-0.1, -0.05) is 31.9 Å². The van der Waals surface area contributed by atoms with Crippen LogP contribution >= 0.6 is 0 Å². The van der Waals surface area contributed by atoms with E-state index < -0.39 is 10.0 Å². The maximum absolute atomic E-state index is 12.3. The van der Waals surface area contributed by atoms with Crippen molar-refractivity contribution in [1.29, 1.82) is 0 Å². The summed E-state index contributed by atoms with van der Waals surface area (Å²) in [5.41, 5.74) is 1.19. The number of benzene rings is 1. The van der Waals surface area contributed by atoms with Gasteiger partial charge in [0.05, 0.1) is 11.5 Å². The third kappa shape index (κ3) is 4.89. The third-order valence-electron chi connectivity index (χ3n) is 3.31. The second-order valence-electron chi connectivity index (χ2n) is 4.92. The van der Waals surface area contributed by atoms with Crippen molar-refractivity contribution < 1.29 is 13.2 Å². The molecule has 0 N–H and O–H groups in total. The van der Waals surface area contributed by atoms with Gasteiger partial charge in [-0.05, 0) is 30.5 Å². The third-order valence-corrected chi connectivity index (χ3v) is 5.18. The van der Waals surface area contributed by atoms with Crippen LogP contribution < -0.4 is 0 Å². The number of ether oxygens (including phenoxy) is 1. The van der Waals surface area contributed by atoms with Gasteiger partial charge in [0.1, 0.15) is 0 Å². The molecular weight excluding hydrogens is 274 g/mol. The van der Waals surface area contributed by atoms with Crippen LogP contribution in [0.2, 0.25) is 0 Å². The van der Waals surface area contributed by atoms with Crippen molar-refractivity contribution in [2.75, 3.05) is 27.3 Å². The van der Waals surface area contributed by atoms with Gasteiger partial charge in [-0.15, -0.1) is 0 Å². The number of rotatable bonds is 9. The molecule has 0 heterocycles. The van der Waals surface area contributed by atoms with Crippen molar-refractivity contribution in [2.45, 2.75) is 37.5 Å². The van der Waals surface area contributed by atoms with Gasteiger partial charge in [-0.3, -0.25) is 0 Å². The van der Waals surface area contributed by atoms with Gasteiger partial charge in [-0.2, -0.15) is 4.31 Å². The Morgan fingerprint density at radius 2 is 1.80 bits per heavy atom. The van der Waals surface area contributed by atoms with Crippen LogP contribution in [-0.2, 0) is 21.2 Å². The minimum atomic E-state index is -3.40. The molecular formula is C15H25NO3S. The van der Waals surface area contributed by atoms with E-state index in [0.717, 1.165) is 12.8 Å². The monoisotopic (exact) mass is 299 g/mol. The molecule has 0 spiro atoms. The first-order valence-corrected chi connectivity index (χ1v) is 8.50. The van der Waals surface area contributed by atoms with Gasteiger partial charge < -0.3 is 4.74 Å². The Morgan fingerprint density at radius 1 is 1.15 bits per heavy atom. The smallest absolute Gasteiger partial charge is 0.242 e. The number of unbranched alkanes of at least 4 members (excludes halogenated alkanes) is 2. The minimum Gasteiger partial charge on any atom is -0.383 e. The van der Waals surface area contributed by atoms with Gasteiger partial charge in [0.25, 0.3) is 0 Å². The Bertz CT molecular complexity index is 482. The van der Waals surface area contributed by atoms with E-state index in [1.54, 1.807) is 26.3 Å². The molecule has 0 amide bonds. The highest BCUT2D eigenvalue weighted by Crippen LogP contribution is 2.16. The molecule has 0 saturated heterocycles. The molecule has 0 bridgehead atoms. The quantitative estimate of drug-likeness (QED) is 0.659. The molecule has 1 aromatic carbocycles. The average molecular weight is 299 g/mol. The molecule has 20 heavy (non-hydrogen) atoms. The highest BCUT2D eigenvalue weighted by molar-refractivity contribution is 7.89.